The number of rotatable bonds is 4. The lowest BCUT2D eigenvalue weighted by Gasteiger charge is -2.47. The zero-order chi connectivity index (χ0) is 17.6. The molecule has 1 saturated heterocycles. The third-order valence-corrected chi connectivity index (χ3v) is 6.75. The number of fused-ring (bicyclic) bond motifs is 1. The fraction of sp³-hybridized carbons (Fsp3) is 0.800. The van der Waals surface area contributed by atoms with Gasteiger partial charge >= 0.3 is 0 Å². The predicted octanol–water partition coefficient (Wildman–Crippen LogP) is 3.50. The molecule has 1 N–H and O–H groups in total. The molecule has 2 saturated carbocycles. The van der Waals surface area contributed by atoms with E-state index in [1.165, 1.54) is 19.3 Å². The number of hydrogen-bond donors (Lipinski definition) is 1. The molecular weight excluding hydrogens is 314 g/mol. The van der Waals surface area contributed by atoms with Gasteiger partial charge in [0, 0.05) is 31.0 Å². The number of hydrogen-bond acceptors (Lipinski definition) is 3. The van der Waals surface area contributed by atoms with Crippen molar-refractivity contribution in [1.82, 2.24) is 14.7 Å². The van der Waals surface area contributed by atoms with Crippen molar-refractivity contribution in [2.24, 2.45) is 5.92 Å². The van der Waals surface area contributed by atoms with Crippen LogP contribution in [0.25, 0.3) is 0 Å². The number of nitrogens with zero attached hydrogens (tertiary/aromatic N) is 3. The van der Waals surface area contributed by atoms with Gasteiger partial charge in [-0.1, -0.05) is 19.8 Å². The van der Waals surface area contributed by atoms with Crippen molar-refractivity contribution in [2.75, 3.05) is 13.1 Å². The molecule has 3 unspecified atom stereocenters. The molecule has 3 fully saturated rings. The van der Waals surface area contributed by atoms with Gasteiger partial charge in [0.15, 0.2) is 0 Å². The lowest BCUT2D eigenvalue weighted by atomic mass is 9.71. The molecule has 3 atom stereocenters. The van der Waals surface area contributed by atoms with Gasteiger partial charge < -0.3 is 10.0 Å². The average Bonchev–Trinajstić information content (AvgIpc) is 3.37. The molecule has 0 aromatic carbocycles. The summed E-state index contributed by atoms with van der Waals surface area (Å²) in [7, 11) is 0. The molecule has 138 valence electrons. The van der Waals surface area contributed by atoms with E-state index >= 15 is 0 Å². The Morgan fingerprint density at radius 2 is 2.16 bits per heavy atom. The first kappa shape index (κ1) is 17.1. The Bertz CT molecular complexity index is 651. The second kappa shape index (κ2) is 6.42. The molecule has 4 rings (SSSR count). The molecule has 2 aliphatic carbocycles. The molecule has 0 radical (unpaired) electrons. The van der Waals surface area contributed by atoms with Gasteiger partial charge in [-0.25, -0.2) is 0 Å². The van der Waals surface area contributed by atoms with Crippen LogP contribution in [0.5, 0.6) is 0 Å². The number of aliphatic hydroxyl groups is 1. The minimum absolute atomic E-state index is 0.129. The monoisotopic (exact) mass is 345 g/mol. The van der Waals surface area contributed by atoms with Crippen LogP contribution in [0.3, 0.4) is 0 Å². The Hall–Kier alpha value is -1.36. The summed E-state index contributed by atoms with van der Waals surface area (Å²) < 4.78 is 2.09. The first-order valence-electron chi connectivity index (χ1n) is 10.1. The van der Waals surface area contributed by atoms with Crippen LogP contribution in [0.4, 0.5) is 0 Å². The predicted molar refractivity (Wildman–Crippen MR) is 96.6 cm³/mol. The quantitative estimate of drug-likeness (QED) is 0.908. The number of carbonyl (C=O) groups is 1. The van der Waals surface area contributed by atoms with E-state index in [0.717, 1.165) is 43.4 Å². The molecule has 1 aromatic heterocycles. The van der Waals surface area contributed by atoms with Gasteiger partial charge in [0.1, 0.15) is 0 Å². The number of amides is 1. The Labute approximate surface area is 150 Å². The molecule has 1 aromatic rings. The Kier molecular flexibility index (Phi) is 4.38. The van der Waals surface area contributed by atoms with Crippen LogP contribution in [0.15, 0.2) is 6.20 Å². The van der Waals surface area contributed by atoms with Crippen LogP contribution in [-0.2, 0) is 0 Å². The first-order valence-corrected chi connectivity index (χ1v) is 10.1. The van der Waals surface area contributed by atoms with Gasteiger partial charge in [0.2, 0.25) is 0 Å². The summed E-state index contributed by atoms with van der Waals surface area (Å²) in [5, 5.41) is 15.4. The zero-order valence-corrected chi connectivity index (χ0v) is 15.6. The Morgan fingerprint density at radius 3 is 2.88 bits per heavy atom. The van der Waals surface area contributed by atoms with Crippen molar-refractivity contribution in [2.45, 2.75) is 82.8 Å². The van der Waals surface area contributed by atoms with E-state index in [1.807, 2.05) is 4.90 Å². The molecule has 2 heterocycles. The van der Waals surface area contributed by atoms with E-state index in [2.05, 4.69) is 23.6 Å². The summed E-state index contributed by atoms with van der Waals surface area (Å²) in [4.78, 5) is 15.2. The zero-order valence-electron chi connectivity index (χ0n) is 15.6. The summed E-state index contributed by atoms with van der Waals surface area (Å²) in [5.74, 6) is 0.879. The van der Waals surface area contributed by atoms with E-state index in [4.69, 9.17) is 0 Å². The number of likely N-dealkylation sites (tertiary alicyclic amines) is 1. The molecule has 25 heavy (non-hydrogen) atoms. The minimum atomic E-state index is -0.532. The van der Waals surface area contributed by atoms with Crippen LogP contribution < -0.4 is 0 Å². The minimum Gasteiger partial charge on any atom is -0.389 e. The second-order valence-corrected chi connectivity index (χ2v) is 8.47. The summed E-state index contributed by atoms with van der Waals surface area (Å²) >= 11 is 0. The fourth-order valence-corrected chi connectivity index (χ4v) is 4.75. The maximum atomic E-state index is 13.2. The standard InChI is InChI=1S/C20H31N3O2/c1-3-14(2)23-18(15-7-8-15)17(12-21-23)19(24)22-11-10-20(25)9-5-4-6-16(20)13-22/h12,14-16,25H,3-11,13H2,1-2H3. The largest absolute Gasteiger partial charge is 0.389 e. The van der Waals surface area contributed by atoms with Crippen molar-refractivity contribution in [3.8, 4) is 0 Å². The van der Waals surface area contributed by atoms with Gasteiger partial charge in [0.25, 0.3) is 5.91 Å². The molecule has 0 spiro atoms. The van der Waals surface area contributed by atoms with Gasteiger partial charge in [-0.05, 0) is 45.4 Å². The van der Waals surface area contributed by atoms with Gasteiger partial charge in [-0.15, -0.1) is 0 Å². The lowest BCUT2D eigenvalue weighted by molar-refractivity contribution is -0.0886. The normalized spacial score (nSPS) is 30.8. The van der Waals surface area contributed by atoms with Crippen molar-refractivity contribution in [1.29, 1.82) is 0 Å². The highest BCUT2D eigenvalue weighted by atomic mass is 16.3. The SMILES string of the molecule is CCC(C)n1ncc(C(=O)N2CCC3(O)CCCCC3C2)c1C1CC1. The van der Waals surface area contributed by atoms with E-state index in [0.29, 0.717) is 25.0 Å². The summed E-state index contributed by atoms with van der Waals surface area (Å²) in [6, 6.07) is 0.335. The third kappa shape index (κ3) is 3.01. The first-order chi connectivity index (χ1) is 12.0. The number of aromatic nitrogens is 2. The van der Waals surface area contributed by atoms with Crippen molar-refractivity contribution < 1.29 is 9.90 Å². The number of carbonyl (C=O) groups excluding carboxylic acids is 1. The van der Waals surface area contributed by atoms with E-state index < -0.39 is 5.60 Å². The van der Waals surface area contributed by atoms with Crippen LogP contribution in [-0.4, -0.2) is 44.4 Å². The van der Waals surface area contributed by atoms with E-state index in [9.17, 15) is 9.90 Å². The van der Waals surface area contributed by atoms with Gasteiger partial charge in [0.05, 0.1) is 23.1 Å². The molecule has 5 heteroatoms. The summed E-state index contributed by atoms with van der Waals surface area (Å²) in [5.41, 5.74) is 1.43. The second-order valence-electron chi connectivity index (χ2n) is 8.47. The van der Waals surface area contributed by atoms with Gasteiger partial charge in [-0.2, -0.15) is 5.10 Å². The maximum Gasteiger partial charge on any atom is 0.257 e. The van der Waals surface area contributed by atoms with Crippen molar-refractivity contribution >= 4 is 5.91 Å². The van der Waals surface area contributed by atoms with Gasteiger partial charge in [-0.3, -0.25) is 9.48 Å². The van der Waals surface area contributed by atoms with E-state index in [1.54, 1.807) is 6.20 Å². The lowest BCUT2D eigenvalue weighted by Crippen LogP contribution is -2.54. The topological polar surface area (TPSA) is 58.4 Å². The third-order valence-electron chi connectivity index (χ3n) is 6.75. The highest BCUT2D eigenvalue weighted by Gasteiger charge is 2.44. The van der Waals surface area contributed by atoms with Crippen LogP contribution in [0.1, 0.15) is 93.2 Å². The van der Waals surface area contributed by atoms with Crippen molar-refractivity contribution in [3.63, 3.8) is 0 Å². The van der Waals surface area contributed by atoms with Crippen LogP contribution in [0, 0.1) is 5.92 Å². The molecule has 1 aliphatic heterocycles. The molecule has 1 amide bonds. The van der Waals surface area contributed by atoms with E-state index in [-0.39, 0.29) is 11.8 Å². The fourth-order valence-electron chi connectivity index (χ4n) is 4.75. The highest BCUT2D eigenvalue weighted by molar-refractivity contribution is 5.95. The highest BCUT2D eigenvalue weighted by Crippen LogP contribution is 2.44. The Balaban J connectivity index is 1.56. The molecule has 5 nitrogen and oxygen atoms in total. The molecular formula is C20H31N3O2. The summed E-state index contributed by atoms with van der Waals surface area (Å²) in [6.07, 6.45) is 10.1. The van der Waals surface area contributed by atoms with Crippen molar-refractivity contribution in [3.05, 3.63) is 17.5 Å². The Morgan fingerprint density at radius 1 is 1.36 bits per heavy atom. The smallest absolute Gasteiger partial charge is 0.257 e. The average molecular weight is 345 g/mol. The van der Waals surface area contributed by atoms with Crippen LogP contribution in [0.2, 0.25) is 0 Å². The molecule has 0 bridgehead atoms. The van der Waals surface area contributed by atoms with Crippen LogP contribution >= 0.6 is 0 Å². The summed E-state index contributed by atoms with van der Waals surface area (Å²) in [6.45, 7) is 5.72. The maximum absolute atomic E-state index is 13.2. The number of piperidine rings is 1. The molecule has 3 aliphatic rings.